The molecule has 1 aliphatic heterocycles. The van der Waals surface area contributed by atoms with E-state index in [1.54, 1.807) is 18.2 Å². The second kappa shape index (κ2) is 5.53. The number of benzene rings is 1. The number of carbonyl (C=O) groups is 2. The van der Waals surface area contributed by atoms with E-state index in [0.717, 1.165) is 12.8 Å². The van der Waals surface area contributed by atoms with Crippen LogP contribution < -0.4 is 9.47 Å². The molecule has 0 bridgehead atoms. The zero-order chi connectivity index (χ0) is 13.9. The van der Waals surface area contributed by atoms with Gasteiger partial charge < -0.3 is 14.2 Å². The molecular weight excluding hydrogens is 260 g/mol. The van der Waals surface area contributed by atoms with Crippen LogP contribution in [0.15, 0.2) is 18.2 Å². The van der Waals surface area contributed by atoms with Crippen LogP contribution in [-0.4, -0.2) is 31.1 Å². The number of Topliss-reactive ketones (excluding diaryl/α,β-unsaturated/α-hetero) is 1. The largest absolute Gasteiger partial charge is 0.486 e. The molecule has 1 aromatic carbocycles. The molecule has 0 unspecified atom stereocenters. The van der Waals surface area contributed by atoms with Crippen molar-refractivity contribution < 1.29 is 23.8 Å². The molecule has 20 heavy (non-hydrogen) atoms. The van der Waals surface area contributed by atoms with Gasteiger partial charge in [0.05, 0.1) is 5.56 Å². The zero-order valence-electron chi connectivity index (χ0n) is 11.1. The standard InChI is InChI=1S/C15H16O5/c16-11-3-1-2-4-12(11)20-15(17)10-5-6-13-14(9-10)19-8-7-18-13/h5-6,9,12H,1-4,7-8H2/t12-/m1/s1. The molecule has 0 N–H and O–H groups in total. The third-order valence-electron chi connectivity index (χ3n) is 3.53. The lowest BCUT2D eigenvalue weighted by molar-refractivity contribution is -0.129. The molecule has 0 radical (unpaired) electrons. The molecule has 1 aromatic rings. The van der Waals surface area contributed by atoms with Gasteiger partial charge in [0.2, 0.25) is 0 Å². The summed E-state index contributed by atoms with van der Waals surface area (Å²) >= 11 is 0. The molecule has 0 aromatic heterocycles. The minimum atomic E-state index is -0.593. The molecular formula is C15H16O5. The van der Waals surface area contributed by atoms with Crippen LogP contribution in [0, 0.1) is 0 Å². The van der Waals surface area contributed by atoms with Gasteiger partial charge in [0.15, 0.2) is 23.4 Å². The van der Waals surface area contributed by atoms with Crippen LogP contribution in [-0.2, 0) is 9.53 Å². The Morgan fingerprint density at radius 3 is 2.75 bits per heavy atom. The van der Waals surface area contributed by atoms with Gasteiger partial charge in [0.25, 0.3) is 0 Å². The molecule has 5 nitrogen and oxygen atoms in total. The first kappa shape index (κ1) is 13.0. The summed E-state index contributed by atoms with van der Waals surface area (Å²) in [6.07, 6.45) is 2.33. The lowest BCUT2D eigenvalue weighted by Gasteiger charge is -2.21. The fourth-order valence-electron chi connectivity index (χ4n) is 2.44. The van der Waals surface area contributed by atoms with Crippen molar-refractivity contribution >= 4 is 11.8 Å². The number of rotatable bonds is 2. The Morgan fingerprint density at radius 1 is 1.15 bits per heavy atom. The van der Waals surface area contributed by atoms with Crippen molar-refractivity contribution in [2.75, 3.05) is 13.2 Å². The quantitative estimate of drug-likeness (QED) is 0.774. The molecule has 0 spiro atoms. The summed E-state index contributed by atoms with van der Waals surface area (Å²) in [5.41, 5.74) is 0.382. The molecule has 5 heteroatoms. The van der Waals surface area contributed by atoms with Crippen LogP contribution in [0.2, 0.25) is 0 Å². The molecule has 1 aliphatic carbocycles. The van der Waals surface area contributed by atoms with E-state index in [-0.39, 0.29) is 5.78 Å². The molecule has 1 heterocycles. The van der Waals surface area contributed by atoms with E-state index in [1.807, 2.05) is 0 Å². The van der Waals surface area contributed by atoms with E-state index >= 15 is 0 Å². The van der Waals surface area contributed by atoms with E-state index in [4.69, 9.17) is 14.2 Å². The van der Waals surface area contributed by atoms with Crippen molar-refractivity contribution in [1.82, 2.24) is 0 Å². The molecule has 106 valence electrons. The highest BCUT2D eigenvalue weighted by molar-refractivity contribution is 5.93. The molecule has 0 saturated heterocycles. The number of carbonyl (C=O) groups excluding carboxylic acids is 2. The number of ether oxygens (including phenoxy) is 3. The van der Waals surface area contributed by atoms with Gasteiger partial charge in [-0.15, -0.1) is 0 Å². The van der Waals surface area contributed by atoms with Crippen molar-refractivity contribution in [3.05, 3.63) is 23.8 Å². The van der Waals surface area contributed by atoms with Gasteiger partial charge in [-0.3, -0.25) is 4.79 Å². The van der Waals surface area contributed by atoms with Gasteiger partial charge in [-0.1, -0.05) is 0 Å². The van der Waals surface area contributed by atoms with Gasteiger partial charge in [-0.2, -0.15) is 0 Å². The second-order valence-electron chi connectivity index (χ2n) is 4.96. The summed E-state index contributed by atoms with van der Waals surface area (Å²) < 4.78 is 16.1. The Morgan fingerprint density at radius 2 is 1.95 bits per heavy atom. The van der Waals surface area contributed by atoms with Gasteiger partial charge in [0, 0.05) is 6.42 Å². The van der Waals surface area contributed by atoms with Crippen molar-refractivity contribution in [3.63, 3.8) is 0 Å². The smallest absolute Gasteiger partial charge is 0.338 e. The number of hydrogen-bond acceptors (Lipinski definition) is 5. The molecule has 1 atom stereocenters. The first-order valence-electron chi connectivity index (χ1n) is 6.87. The SMILES string of the molecule is O=C(O[C@@H]1CCCCC1=O)c1ccc2c(c1)OCCO2. The minimum Gasteiger partial charge on any atom is -0.486 e. The van der Waals surface area contributed by atoms with Crippen molar-refractivity contribution in [2.45, 2.75) is 31.8 Å². The molecule has 2 aliphatic rings. The lowest BCUT2D eigenvalue weighted by atomic mass is 9.96. The summed E-state index contributed by atoms with van der Waals surface area (Å²) in [5, 5.41) is 0. The minimum absolute atomic E-state index is 0.0159. The first-order chi connectivity index (χ1) is 9.74. The third-order valence-corrected chi connectivity index (χ3v) is 3.53. The highest BCUT2D eigenvalue weighted by Gasteiger charge is 2.26. The first-order valence-corrected chi connectivity index (χ1v) is 6.87. The summed E-state index contributed by atoms with van der Waals surface area (Å²) in [6, 6.07) is 4.92. The Kier molecular flexibility index (Phi) is 3.58. The molecule has 0 amide bonds. The summed E-state index contributed by atoms with van der Waals surface area (Å²) in [5.74, 6) is 0.701. The Balaban J connectivity index is 1.72. The topological polar surface area (TPSA) is 61.8 Å². The maximum absolute atomic E-state index is 12.1. The number of hydrogen-bond donors (Lipinski definition) is 0. The number of fused-ring (bicyclic) bond motifs is 1. The Labute approximate surface area is 116 Å². The van der Waals surface area contributed by atoms with Crippen molar-refractivity contribution in [2.24, 2.45) is 0 Å². The highest BCUT2D eigenvalue weighted by Crippen LogP contribution is 2.31. The monoisotopic (exact) mass is 276 g/mol. The predicted octanol–water partition coefficient (Wildman–Crippen LogP) is 2.13. The van der Waals surface area contributed by atoms with E-state index in [2.05, 4.69) is 0 Å². The van der Waals surface area contributed by atoms with Crippen LogP contribution in [0.5, 0.6) is 11.5 Å². The number of esters is 1. The van der Waals surface area contributed by atoms with Gasteiger partial charge in [-0.25, -0.2) is 4.79 Å². The van der Waals surface area contributed by atoms with Crippen molar-refractivity contribution in [3.8, 4) is 11.5 Å². The highest BCUT2D eigenvalue weighted by atomic mass is 16.6. The number of ketones is 1. The van der Waals surface area contributed by atoms with Crippen molar-refractivity contribution in [1.29, 1.82) is 0 Å². The lowest BCUT2D eigenvalue weighted by Crippen LogP contribution is -2.30. The molecule has 1 fully saturated rings. The molecule has 1 saturated carbocycles. The summed E-state index contributed by atoms with van der Waals surface area (Å²) in [7, 11) is 0. The van der Waals surface area contributed by atoms with E-state index in [1.165, 1.54) is 0 Å². The van der Waals surface area contributed by atoms with Crippen LogP contribution in [0.3, 0.4) is 0 Å². The Hall–Kier alpha value is -2.04. The fourth-order valence-corrected chi connectivity index (χ4v) is 2.44. The predicted molar refractivity (Wildman–Crippen MR) is 70.1 cm³/mol. The van der Waals surface area contributed by atoms with Crippen LogP contribution in [0.1, 0.15) is 36.0 Å². The molecule has 3 rings (SSSR count). The van der Waals surface area contributed by atoms with Gasteiger partial charge in [-0.05, 0) is 37.5 Å². The van der Waals surface area contributed by atoms with E-state index in [9.17, 15) is 9.59 Å². The second-order valence-corrected chi connectivity index (χ2v) is 4.96. The fraction of sp³-hybridized carbons (Fsp3) is 0.467. The average molecular weight is 276 g/mol. The average Bonchev–Trinajstić information content (AvgIpc) is 2.49. The Bertz CT molecular complexity index is 537. The van der Waals surface area contributed by atoms with Crippen LogP contribution in [0.4, 0.5) is 0 Å². The van der Waals surface area contributed by atoms with Crippen LogP contribution >= 0.6 is 0 Å². The maximum Gasteiger partial charge on any atom is 0.338 e. The van der Waals surface area contributed by atoms with E-state index in [0.29, 0.717) is 43.1 Å². The normalized spacial score (nSPS) is 21.4. The maximum atomic E-state index is 12.1. The summed E-state index contributed by atoms with van der Waals surface area (Å²) in [4.78, 5) is 23.7. The van der Waals surface area contributed by atoms with Gasteiger partial charge in [0.1, 0.15) is 13.2 Å². The zero-order valence-corrected chi connectivity index (χ0v) is 11.1. The van der Waals surface area contributed by atoms with E-state index < -0.39 is 12.1 Å². The van der Waals surface area contributed by atoms with Gasteiger partial charge >= 0.3 is 5.97 Å². The third kappa shape index (κ3) is 2.61. The van der Waals surface area contributed by atoms with Crippen LogP contribution in [0.25, 0.3) is 0 Å². The summed E-state index contributed by atoms with van der Waals surface area (Å²) in [6.45, 7) is 0.972.